The van der Waals surface area contributed by atoms with Gasteiger partial charge >= 0.3 is 0 Å². The highest BCUT2D eigenvalue weighted by Gasteiger charge is 2.40. The minimum atomic E-state index is -0.613. The molecular formula is C15H19NO2. The van der Waals surface area contributed by atoms with Crippen LogP contribution in [0.5, 0.6) is 5.75 Å². The van der Waals surface area contributed by atoms with Gasteiger partial charge in [-0.25, -0.2) is 0 Å². The minimum Gasteiger partial charge on any atom is -0.493 e. The van der Waals surface area contributed by atoms with E-state index in [4.69, 9.17) is 4.74 Å². The van der Waals surface area contributed by atoms with Crippen molar-refractivity contribution in [3.05, 3.63) is 29.8 Å². The molecule has 1 aliphatic heterocycles. The second-order valence-electron chi connectivity index (χ2n) is 5.30. The first-order chi connectivity index (χ1) is 8.59. The van der Waals surface area contributed by atoms with Crippen molar-refractivity contribution in [1.82, 2.24) is 0 Å². The molecule has 0 saturated heterocycles. The Morgan fingerprint density at radius 1 is 1.44 bits per heavy atom. The van der Waals surface area contributed by atoms with E-state index in [1.807, 2.05) is 38.1 Å². The Morgan fingerprint density at radius 3 is 2.83 bits per heavy atom. The second-order valence-corrected chi connectivity index (χ2v) is 5.30. The summed E-state index contributed by atoms with van der Waals surface area (Å²) in [6, 6.07) is 10.1. The van der Waals surface area contributed by atoms with E-state index in [1.54, 1.807) is 0 Å². The van der Waals surface area contributed by atoms with E-state index in [-0.39, 0.29) is 5.92 Å². The van der Waals surface area contributed by atoms with Gasteiger partial charge in [0.05, 0.1) is 24.2 Å². The average molecular weight is 245 g/mol. The number of para-hydroxylation sites is 1. The number of hydrogen-bond donors (Lipinski definition) is 1. The number of benzene rings is 1. The van der Waals surface area contributed by atoms with Crippen LogP contribution in [0, 0.1) is 17.2 Å². The summed E-state index contributed by atoms with van der Waals surface area (Å²) < 4.78 is 5.59. The molecule has 0 radical (unpaired) electrons. The molecule has 18 heavy (non-hydrogen) atoms. The summed E-state index contributed by atoms with van der Waals surface area (Å²) in [5.74, 6) is 0.937. The van der Waals surface area contributed by atoms with Crippen molar-refractivity contribution in [3.63, 3.8) is 0 Å². The zero-order chi connectivity index (χ0) is 13.2. The lowest BCUT2D eigenvalue weighted by Crippen LogP contribution is -2.36. The highest BCUT2D eigenvalue weighted by Crippen LogP contribution is 2.42. The van der Waals surface area contributed by atoms with Crippen molar-refractivity contribution in [2.24, 2.45) is 5.92 Å². The Hall–Kier alpha value is -1.53. The maximum atomic E-state index is 10.1. The Morgan fingerprint density at radius 2 is 2.17 bits per heavy atom. The molecule has 1 aliphatic rings. The summed E-state index contributed by atoms with van der Waals surface area (Å²) in [4.78, 5) is 0. The average Bonchev–Trinajstić information content (AvgIpc) is 2.39. The van der Waals surface area contributed by atoms with Crippen LogP contribution < -0.4 is 4.74 Å². The van der Waals surface area contributed by atoms with Crippen molar-refractivity contribution in [2.75, 3.05) is 6.61 Å². The number of fused-ring (bicyclic) bond motifs is 1. The van der Waals surface area contributed by atoms with Gasteiger partial charge in [0.2, 0.25) is 0 Å². The van der Waals surface area contributed by atoms with Gasteiger partial charge in [-0.15, -0.1) is 0 Å². The molecule has 3 nitrogen and oxygen atoms in total. The fraction of sp³-hybridized carbons (Fsp3) is 0.533. The van der Waals surface area contributed by atoms with Gasteiger partial charge in [-0.2, -0.15) is 5.26 Å². The Kier molecular flexibility index (Phi) is 3.58. The first-order valence-electron chi connectivity index (χ1n) is 6.41. The molecule has 0 spiro atoms. The van der Waals surface area contributed by atoms with Crippen LogP contribution in [0.4, 0.5) is 0 Å². The lowest BCUT2D eigenvalue weighted by atomic mass is 9.72. The fourth-order valence-electron chi connectivity index (χ4n) is 2.42. The molecule has 0 saturated carbocycles. The number of aliphatic hydroxyl groups is 1. The molecule has 0 aromatic heterocycles. The molecular weight excluding hydrogens is 226 g/mol. The molecule has 2 atom stereocenters. The van der Waals surface area contributed by atoms with E-state index in [1.165, 1.54) is 0 Å². The molecule has 2 rings (SSSR count). The largest absolute Gasteiger partial charge is 0.493 e. The van der Waals surface area contributed by atoms with Gasteiger partial charge in [0.25, 0.3) is 0 Å². The van der Waals surface area contributed by atoms with Crippen LogP contribution in [0.3, 0.4) is 0 Å². The maximum Gasteiger partial charge on any atom is 0.124 e. The monoisotopic (exact) mass is 245 g/mol. The zero-order valence-electron chi connectivity index (χ0n) is 10.9. The molecule has 1 aromatic carbocycles. The fourth-order valence-corrected chi connectivity index (χ4v) is 2.42. The molecule has 96 valence electrons. The highest BCUT2D eigenvalue weighted by atomic mass is 16.5. The minimum absolute atomic E-state index is 0.158. The molecule has 0 amide bonds. The molecule has 1 heterocycles. The maximum absolute atomic E-state index is 10.1. The van der Waals surface area contributed by atoms with Gasteiger partial charge in [-0.05, 0) is 18.4 Å². The van der Waals surface area contributed by atoms with Gasteiger partial charge < -0.3 is 9.84 Å². The van der Waals surface area contributed by atoms with Crippen LogP contribution in [0.2, 0.25) is 0 Å². The van der Waals surface area contributed by atoms with Crippen LogP contribution in [0.15, 0.2) is 24.3 Å². The number of hydrogen-bond acceptors (Lipinski definition) is 3. The Balaban J connectivity index is 2.37. The smallest absolute Gasteiger partial charge is 0.124 e. The predicted molar refractivity (Wildman–Crippen MR) is 69.3 cm³/mol. The molecule has 0 fully saturated rings. The third-order valence-corrected chi connectivity index (χ3v) is 3.73. The van der Waals surface area contributed by atoms with Gasteiger partial charge in [0.15, 0.2) is 0 Å². The summed E-state index contributed by atoms with van der Waals surface area (Å²) >= 11 is 0. The molecule has 2 unspecified atom stereocenters. The molecule has 0 bridgehead atoms. The first-order valence-corrected chi connectivity index (χ1v) is 6.41. The summed E-state index contributed by atoms with van der Waals surface area (Å²) in [6.07, 6.45) is 0.655. The number of aliphatic hydroxyl groups excluding tert-OH is 1. The topological polar surface area (TPSA) is 53.2 Å². The van der Waals surface area contributed by atoms with E-state index in [0.717, 1.165) is 11.3 Å². The van der Waals surface area contributed by atoms with Crippen LogP contribution >= 0.6 is 0 Å². The van der Waals surface area contributed by atoms with E-state index in [2.05, 4.69) is 6.07 Å². The molecule has 1 aromatic rings. The van der Waals surface area contributed by atoms with Crippen molar-refractivity contribution in [3.8, 4) is 11.8 Å². The summed E-state index contributed by atoms with van der Waals surface area (Å²) in [5, 5.41) is 19.7. The molecule has 1 N–H and O–H groups in total. The van der Waals surface area contributed by atoms with E-state index in [9.17, 15) is 10.4 Å². The van der Waals surface area contributed by atoms with Crippen LogP contribution in [0.25, 0.3) is 0 Å². The third-order valence-electron chi connectivity index (χ3n) is 3.73. The van der Waals surface area contributed by atoms with Crippen molar-refractivity contribution < 1.29 is 9.84 Å². The van der Waals surface area contributed by atoms with Crippen LogP contribution in [-0.2, 0) is 5.41 Å². The first kappa shape index (κ1) is 12.9. The van der Waals surface area contributed by atoms with Gasteiger partial charge in [0, 0.05) is 12.0 Å². The summed E-state index contributed by atoms with van der Waals surface area (Å²) in [6.45, 7) is 4.48. The lowest BCUT2D eigenvalue weighted by Gasteiger charge is -2.35. The third kappa shape index (κ3) is 2.21. The van der Waals surface area contributed by atoms with Gasteiger partial charge in [-0.3, -0.25) is 0 Å². The molecule has 3 heteroatoms. The SMILES string of the molecule is CC(C)C(O)CC1(C#N)CCOc2ccccc21. The van der Waals surface area contributed by atoms with Gasteiger partial charge in [0.1, 0.15) is 5.75 Å². The van der Waals surface area contributed by atoms with Crippen molar-refractivity contribution in [2.45, 2.75) is 38.2 Å². The zero-order valence-corrected chi connectivity index (χ0v) is 10.9. The summed E-state index contributed by atoms with van der Waals surface area (Å²) in [7, 11) is 0. The Bertz CT molecular complexity index is 464. The van der Waals surface area contributed by atoms with Crippen LogP contribution in [0.1, 0.15) is 32.3 Å². The normalized spacial score (nSPS) is 23.9. The quantitative estimate of drug-likeness (QED) is 0.890. The highest BCUT2D eigenvalue weighted by molar-refractivity contribution is 5.45. The van der Waals surface area contributed by atoms with Crippen molar-refractivity contribution >= 4 is 0 Å². The number of rotatable bonds is 3. The standard InChI is InChI=1S/C15H19NO2/c1-11(2)13(17)9-15(10-16)7-8-18-14-6-4-3-5-12(14)15/h3-6,11,13,17H,7-9H2,1-2H3. The number of nitriles is 1. The Labute approximate surface area is 108 Å². The lowest BCUT2D eigenvalue weighted by molar-refractivity contribution is 0.0870. The number of nitrogens with zero attached hydrogens (tertiary/aromatic N) is 1. The van der Waals surface area contributed by atoms with Crippen LogP contribution in [-0.4, -0.2) is 17.8 Å². The molecule has 0 aliphatic carbocycles. The summed E-state index contributed by atoms with van der Waals surface area (Å²) in [5.41, 5.74) is 0.303. The van der Waals surface area contributed by atoms with Crippen molar-refractivity contribution in [1.29, 1.82) is 5.26 Å². The van der Waals surface area contributed by atoms with E-state index in [0.29, 0.717) is 19.4 Å². The number of ether oxygens (including phenoxy) is 1. The van der Waals surface area contributed by atoms with E-state index < -0.39 is 11.5 Å². The predicted octanol–water partition coefficient (Wildman–Crippen LogP) is 2.64. The van der Waals surface area contributed by atoms with Gasteiger partial charge in [-0.1, -0.05) is 32.0 Å². The van der Waals surface area contributed by atoms with E-state index >= 15 is 0 Å². The second kappa shape index (κ2) is 4.99.